The SMILES string of the molecule is OC1CCCC(Cc2cn3ccsc3n2)C1. The van der Waals surface area contributed by atoms with E-state index in [2.05, 4.69) is 21.0 Å². The topological polar surface area (TPSA) is 37.5 Å². The average Bonchev–Trinajstić information content (AvgIpc) is 2.77. The highest BCUT2D eigenvalue weighted by Crippen LogP contribution is 2.27. The van der Waals surface area contributed by atoms with Gasteiger partial charge in [-0.2, -0.15) is 0 Å². The minimum atomic E-state index is -0.0810. The molecule has 2 unspecified atom stereocenters. The first-order chi connectivity index (χ1) is 7.81. The monoisotopic (exact) mass is 236 g/mol. The van der Waals surface area contributed by atoms with Crippen LogP contribution in [0.3, 0.4) is 0 Å². The van der Waals surface area contributed by atoms with E-state index in [0.717, 1.165) is 30.6 Å². The number of rotatable bonds is 2. The molecule has 0 spiro atoms. The first kappa shape index (κ1) is 10.3. The summed E-state index contributed by atoms with van der Waals surface area (Å²) in [6, 6.07) is 0. The lowest BCUT2D eigenvalue weighted by Crippen LogP contribution is -2.21. The molecule has 3 rings (SSSR count). The molecule has 2 aromatic rings. The van der Waals surface area contributed by atoms with E-state index in [1.54, 1.807) is 11.3 Å². The third kappa shape index (κ3) is 1.99. The summed E-state index contributed by atoms with van der Waals surface area (Å²) in [5.74, 6) is 0.619. The summed E-state index contributed by atoms with van der Waals surface area (Å²) in [7, 11) is 0. The van der Waals surface area contributed by atoms with Gasteiger partial charge in [-0.05, 0) is 31.6 Å². The molecule has 4 heteroatoms. The Morgan fingerprint density at radius 2 is 2.44 bits per heavy atom. The maximum Gasteiger partial charge on any atom is 0.193 e. The molecular weight excluding hydrogens is 220 g/mol. The Kier molecular flexibility index (Phi) is 2.69. The molecule has 2 aromatic heterocycles. The molecule has 1 aliphatic rings. The van der Waals surface area contributed by atoms with Gasteiger partial charge in [-0.15, -0.1) is 11.3 Å². The quantitative estimate of drug-likeness (QED) is 0.870. The maximum atomic E-state index is 9.63. The van der Waals surface area contributed by atoms with Gasteiger partial charge in [0.1, 0.15) is 0 Å². The van der Waals surface area contributed by atoms with E-state index < -0.39 is 0 Å². The fourth-order valence-corrected chi connectivity index (χ4v) is 3.34. The van der Waals surface area contributed by atoms with Crippen LogP contribution in [0.2, 0.25) is 0 Å². The first-order valence-corrected chi connectivity index (χ1v) is 6.78. The number of aromatic nitrogens is 2. The molecule has 0 aromatic carbocycles. The van der Waals surface area contributed by atoms with Gasteiger partial charge in [0.05, 0.1) is 11.8 Å². The molecule has 0 radical (unpaired) electrons. The van der Waals surface area contributed by atoms with Gasteiger partial charge in [-0.1, -0.05) is 6.42 Å². The molecule has 0 amide bonds. The van der Waals surface area contributed by atoms with Gasteiger partial charge in [-0.3, -0.25) is 4.40 Å². The fraction of sp³-hybridized carbons (Fsp3) is 0.583. The van der Waals surface area contributed by atoms with Crippen molar-refractivity contribution in [2.75, 3.05) is 0 Å². The van der Waals surface area contributed by atoms with E-state index in [9.17, 15) is 5.11 Å². The number of hydrogen-bond acceptors (Lipinski definition) is 3. The van der Waals surface area contributed by atoms with E-state index in [1.807, 2.05) is 6.20 Å². The highest BCUT2D eigenvalue weighted by Gasteiger charge is 2.21. The molecule has 2 atom stereocenters. The normalized spacial score (nSPS) is 26.3. The second-order valence-electron chi connectivity index (χ2n) is 4.72. The van der Waals surface area contributed by atoms with Gasteiger partial charge in [0.15, 0.2) is 4.96 Å². The van der Waals surface area contributed by atoms with E-state index in [4.69, 9.17) is 0 Å². The number of aliphatic hydroxyl groups is 1. The third-order valence-corrected chi connectivity index (χ3v) is 4.17. The van der Waals surface area contributed by atoms with Crippen LogP contribution in [0.1, 0.15) is 31.4 Å². The molecular formula is C12H16N2OS. The van der Waals surface area contributed by atoms with Crippen LogP contribution in [0.5, 0.6) is 0 Å². The zero-order chi connectivity index (χ0) is 11.0. The summed E-state index contributed by atoms with van der Waals surface area (Å²) in [6.45, 7) is 0. The zero-order valence-corrected chi connectivity index (χ0v) is 9.99. The van der Waals surface area contributed by atoms with Crippen LogP contribution in [-0.2, 0) is 6.42 Å². The summed E-state index contributed by atoms with van der Waals surface area (Å²) in [5, 5.41) is 11.7. The second-order valence-corrected chi connectivity index (χ2v) is 5.59. The number of fused-ring (bicyclic) bond motifs is 1. The standard InChI is InChI=1S/C12H16N2OS/c15-11-3-1-2-9(7-11)6-10-8-14-4-5-16-12(14)13-10/h4-5,8-9,11,15H,1-3,6-7H2. The number of aliphatic hydroxyl groups excluding tert-OH is 1. The van der Waals surface area contributed by atoms with E-state index in [0.29, 0.717) is 5.92 Å². The number of thiazole rings is 1. The van der Waals surface area contributed by atoms with Crippen molar-refractivity contribution in [3.05, 3.63) is 23.5 Å². The maximum absolute atomic E-state index is 9.63. The number of imidazole rings is 1. The Hall–Kier alpha value is -0.870. The van der Waals surface area contributed by atoms with Crippen LogP contribution >= 0.6 is 11.3 Å². The van der Waals surface area contributed by atoms with Gasteiger partial charge in [-0.25, -0.2) is 4.98 Å². The Morgan fingerprint density at radius 1 is 1.50 bits per heavy atom. The lowest BCUT2D eigenvalue weighted by Gasteiger charge is -2.24. The summed E-state index contributed by atoms with van der Waals surface area (Å²) >= 11 is 1.67. The predicted octanol–water partition coefficient (Wildman–Crippen LogP) is 2.49. The number of nitrogens with zero attached hydrogens (tertiary/aromatic N) is 2. The van der Waals surface area contributed by atoms with Gasteiger partial charge in [0.25, 0.3) is 0 Å². The number of hydrogen-bond donors (Lipinski definition) is 1. The lowest BCUT2D eigenvalue weighted by atomic mass is 9.84. The van der Waals surface area contributed by atoms with Gasteiger partial charge >= 0.3 is 0 Å². The minimum Gasteiger partial charge on any atom is -0.393 e. The molecule has 0 aliphatic heterocycles. The van der Waals surface area contributed by atoms with Crippen LogP contribution < -0.4 is 0 Å². The largest absolute Gasteiger partial charge is 0.393 e. The highest BCUT2D eigenvalue weighted by molar-refractivity contribution is 7.15. The average molecular weight is 236 g/mol. The van der Waals surface area contributed by atoms with Crippen molar-refractivity contribution in [2.45, 2.75) is 38.2 Å². The minimum absolute atomic E-state index is 0.0810. The van der Waals surface area contributed by atoms with Crippen molar-refractivity contribution in [3.63, 3.8) is 0 Å². The van der Waals surface area contributed by atoms with Crippen molar-refractivity contribution in [3.8, 4) is 0 Å². The van der Waals surface area contributed by atoms with E-state index >= 15 is 0 Å². The molecule has 1 saturated carbocycles. The van der Waals surface area contributed by atoms with Crippen molar-refractivity contribution >= 4 is 16.3 Å². The van der Waals surface area contributed by atoms with Crippen molar-refractivity contribution < 1.29 is 5.11 Å². The Labute approximate surface area is 98.8 Å². The van der Waals surface area contributed by atoms with Crippen LogP contribution in [0.4, 0.5) is 0 Å². The summed E-state index contributed by atoms with van der Waals surface area (Å²) in [5.41, 5.74) is 1.17. The molecule has 1 N–H and O–H groups in total. The van der Waals surface area contributed by atoms with Crippen LogP contribution in [0.15, 0.2) is 17.8 Å². The molecule has 3 nitrogen and oxygen atoms in total. The Balaban J connectivity index is 1.71. The fourth-order valence-electron chi connectivity index (χ4n) is 2.62. The van der Waals surface area contributed by atoms with Crippen LogP contribution in [0, 0.1) is 5.92 Å². The molecule has 86 valence electrons. The van der Waals surface area contributed by atoms with Crippen molar-refractivity contribution in [1.82, 2.24) is 9.38 Å². The molecule has 1 fully saturated rings. The summed E-state index contributed by atoms with van der Waals surface area (Å²) < 4.78 is 2.08. The summed E-state index contributed by atoms with van der Waals surface area (Å²) in [6.07, 6.45) is 9.43. The summed E-state index contributed by atoms with van der Waals surface area (Å²) in [4.78, 5) is 5.67. The first-order valence-electron chi connectivity index (χ1n) is 5.90. The van der Waals surface area contributed by atoms with E-state index in [-0.39, 0.29) is 6.10 Å². The Morgan fingerprint density at radius 3 is 3.25 bits per heavy atom. The van der Waals surface area contributed by atoms with Gasteiger partial charge in [0, 0.05) is 17.8 Å². The molecule has 1 aliphatic carbocycles. The van der Waals surface area contributed by atoms with E-state index in [1.165, 1.54) is 12.1 Å². The predicted molar refractivity (Wildman–Crippen MR) is 64.7 cm³/mol. The Bertz CT molecular complexity index is 448. The third-order valence-electron chi connectivity index (χ3n) is 3.40. The van der Waals surface area contributed by atoms with Crippen LogP contribution in [-0.4, -0.2) is 20.6 Å². The zero-order valence-electron chi connectivity index (χ0n) is 9.17. The van der Waals surface area contributed by atoms with Crippen molar-refractivity contribution in [2.24, 2.45) is 5.92 Å². The second kappa shape index (κ2) is 4.18. The molecule has 16 heavy (non-hydrogen) atoms. The molecule has 0 bridgehead atoms. The van der Waals surface area contributed by atoms with Crippen molar-refractivity contribution in [1.29, 1.82) is 0 Å². The molecule has 2 heterocycles. The highest BCUT2D eigenvalue weighted by atomic mass is 32.1. The molecule has 0 saturated heterocycles. The van der Waals surface area contributed by atoms with Gasteiger partial charge in [0.2, 0.25) is 0 Å². The lowest BCUT2D eigenvalue weighted by molar-refractivity contribution is 0.101. The smallest absolute Gasteiger partial charge is 0.193 e. The van der Waals surface area contributed by atoms with Crippen LogP contribution in [0.25, 0.3) is 4.96 Å². The van der Waals surface area contributed by atoms with Gasteiger partial charge < -0.3 is 5.11 Å².